The lowest BCUT2D eigenvalue weighted by Crippen LogP contribution is -2.08. The molecule has 21 heavy (non-hydrogen) atoms. The summed E-state index contributed by atoms with van der Waals surface area (Å²) < 4.78 is 13.2. The minimum Gasteiger partial charge on any atom is -0.376 e. The highest BCUT2D eigenvalue weighted by molar-refractivity contribution is 6.39. The molecule has 1 atom stereocenters. The third-order valence-electron chi connectivity index (χ3n) is 3.99. The van der Waals surface area contributed by atoms with Crippen molar-refractivity contribution < 1.29 is 4.39 Å². The average molecular weight is 324 g/mol. The van der Waals surface area contributed by atoms with Crippen molar-refractivity contribution in [3.05, 3.63) is 62.9 Å². The Kier molecular flexibility index (Phi) is 4.10. The summed E-state index contributed by atoms with van der Waals surface area (Å²) in [4.78, 5) is 0. The molecule has 2 aromatic rings. The zero-order chi connectivity index (χ0) is 15.0. The van der Waals surface area contributed by atoms with Gasteiger partial charge in [-0.3, -0.25) is 0 Å². The third-order valence-corrected chi connectivity index (χ3v) is 4.59. The first kappa shape index (κ1) is 14.7. The van der Waals surface area contributed by atoms with Crippen LogP contribution in [0, 0.1) is 5.82 Å². The van der Waals surface area contributed by atoms with E-state index < -0.39 is 5.82 Å². The van der Waals surface area contributed by atoms with Gasteiger partial charge in [0.05, 0.1) is 15.7 Å². The molecule has 4 heteroatoms. The average Bonchev–Trinajstić information content (AvgIpc) is 2.89. The van der Waals surface area contributed by atoms with E-state index in [1.54, 1.807) is 0 Å². The first-order chi connectivity index (χ1) is 10.0. The molecule has 0 amide bonds. The Hall–Kier alpha value is -1.25. The van der Waals surface area contributed by atoms with Gasteiger partial charge in [0.2, 0.25) is 0 Å². The van der Waals surface area contributed by atoms with Crippen LogP contribution in [0.4, 0.5) is 10.1 Å². The fraction of sp³-hybridized carbons (Fsp3) is 0.294. The lowest BCUT2D eigenvalue weighted by molar-refractivity contribution is 0.628. The van der Waals surface area contributed by atoms with Crippen molar-refractivity contribution in [2.75, 3.05) is 5.32 Å². The molecule has 0 spiro atoms. The van der Waals surface area contributed by atoms with E-state index in [0.717, 1.165) is 6.42 Å². The number of rotatable bonds is 3. The number of aryl methyl sites for hydroxylation is 2. The Morgan fingerprint density at radius 1 is 1.05 bits per heavy atom. The first-order valence-electron chi connectivity index (χ1n) is 7.07. The molecular formula is C17H16Cl2FN. The smallest absolute Gasteiger partial charge is 0.126 e. The van der Waals surface area contributed by atoms with Gasteiger partial charge in [-0.15, -0.1) is 0 Å². The van der Waals surface area contributed by atoms with Crippen molar-refractivity contribution in [2.45, 2.75) is 32.2 Å². The molecule has 0 aromatic heterocycles. The molecule has 0 aliphatic heterocycles. The Bertz CT molecular complexity index is 661. The number of anilines is 1. The number of fused-ring (bicyclic) bond motifs is 1. The van der Waals surface area contributed by atoms with Gasteiger partial charge in [0.1, 0.15) is 5.82 Å². The fourth-order valence-electron chi connectivity index (χ4n) is 2.84. The summed E-state index contributed by atoms with van der Waals surface area (Å²) in [5.41, 5.74) is 4.64. The largest absolute Gasteiger partial charge is 0.376 e. The number of hydrogen-bond donors (Lipinski definition) is 1. The molecule has 1 aliphatic carbocycles. The van der Waals surface area contributed by atoms with Gasteiger partial charge >= 0.3 is 0 Å². The molecule has 1 N–H and O–H groups in total. The van der Waals surface area contributed by atoms with E-state index >= 15 is 0 Å². The third kappa shape index (κ3) is 3.02. The summed E-state index contributed by atoms with van der Waals surface area (Å²) in [7, 11) is 0. The highest BCUT2D eigenvalue weighted by Gasteiger charge is 2.15. The standard InChI is InChI=1S/C17H16Cl2FN/c1-10(12-6-5-11-3-2-4-13(11)7-12)21-17-15(18)8-14(20)9-16(17)19/h5-10,21H,2-4H2,1H3. The van der Waals surface area contributed by atoms with Crippen LogP contribution in [0.25, 0.3) is 0 Å². The van der Waals surface area contributed by atoms with E-state index in [1.807, 2.05) is 6.92 Å². The topological polar surface area (TPSA) is 12.0 Å². The van der Waals surface area contributed by atoms with Crippen molar-refractivity contribution in [3.63, 3.8) is 0 Å². The lowest BCUT2D eigenvalue weighted by atomic mass is 10.0. The van der Waals surface area contributed by atoms with Crippen molar-refractivity contribution >= 4 is 28.9 Å². The van der Waals surface area contributed by atoms with Gasteiger partial charge in [-0.25, -0.2) is 4.39 Å². The molecule has 0 heterocycles. The van der Waals surface area contributed by atoms with Gasteiger partial charge < -0.3 is 5.32 Å². The Labute approximate surface area is 134 Å². The molecular weight excluding hydrogens is 308 g/mol. The van der Waals surface area contributed by atoms with Crippen molar-refractivity contribution in [1.82, 2.24) is 0 Å². The van der Waals surface area contributed by atoms with E-state index in [1.165, 1.54) is 41.7 Å². The van der Waals surface area contributed by atoms with Crippen LogP contribution in [0.3, 0.4) is 0 Å². The van der Waals surface area contributed by atoms with Crippen LogP contribution in [0.5, 0.6) is 0 Å². The van der Waals surface area contributed by atoms with E-state index in [0.29, 0.717) is 15.7 Å². The zero-order valence-corrected chi connectivity index (χ0v) is 13.2. The maximum absolute atomic E-state index is 13.2. The highest BCUT2D eigenvalue weighted by Crippen LogP contribution is 2.34. The summed E-state index contributed by atoms with van der Waals surface area (Å²) in [5.74, 6) is -0.430. The minimum atomic E-state index is -0.430. The van der Waals surface area contributed by atoms with E-state index in [9.17, 15) is 4.39 Å². The number of halogens is 3. The van der Waals surface area contributed by atoms with E-state index in [2.05, 4.69) is 23.5 Å². The second kappa shape index (κ2) is 5.86. The first-order valence-corrected chi connectivity index (χ1v) is 7.83. The van der Waals surface area contributed by atoms with Gasteiger partial charge in [0.15, 0.2) is 0 Å². The molecule has 2 aromatic carbocycles. The van der Waals surface area contributed by atoms with Gasteiger partial charge in [0.25, 0.3) is 0 Å². The van der Waals surface area contributed by atoms with Crippen molar-refractivity contribution in [1.29, 1.82) is 0 Å². The summed E-state index contributed by atoms with van der Waals surface area (Å²) in [6.07, 6.45) is 3.55. The van der Waals surface area contributed by atoms with Crippen LogP contribution in [0.1, 0.15) is 36.1 Å². The highest BCUT2D eigenvalue weighted by atomic mass is 35.5. The Balaban J connectivity index is 1.85. The fourth-order valence-corrected chi connectivity index (χ4v) is 3.41. The van der Waals surface area contributed by atoms with Crippen molar-refractivity contribution in [3.8, 4) is 0 Å². The minimum absolute atomic E-state index is 0.0522. The monoisotopic (exact) mass is 323 g/mol. The second-order valence-electron chi connectivity index (χ2n) is 5.49. The van der Waals surface area contributed by atoms with E-state index in [4.69, 9.17) is 23.2 Å². The van der Waals surface area contributed by atoms with Crippen LogP contribution >= 0.6 is 23.2 Å². The van der Waals surface area contributed by atoms with Crippen LogP contribution in [-0.4, -0.2) is 0 Å². The molecule has 3 rings (SSSR count). The van der Waals surface area contributed by atoms with Gasteiger partial charge in [0, 0.05) is 6.04 Å². The lowest BCUT2D eigenvalue weighted by Gasteiger charge is -2.19. The molecule has 0 radical (unpaired) electrons. The molecule has 1 unspecified atom stereocenters. The number of hydrogen-bond acceptors (Lipinski definition) is 1. The van der Waals surface area contributed by atoms with E-state index in [-0.39, 0.29) is 6.04 Å². The summed E-state index contributed by atoms with van der Waals surface area (Å²) in [5, 5.41) is 3.88. The predicted octanol–water partition coefficient (Wildman–Crippen LogP) is 5.79. The van der Waals surface area contributed by atoms with Gasteiger partial charge in [-0.1, -0.05) is 41.4 Å². The van der Waals surface area contributed by atoms with Gasteiger partial charge in [-0.05, 0) is 55.0 Å². The second-order valence-corrected chi connectivity index (χ2v) is 6.31. The quantitative estimate of drug-likeness (QED) is 0.753. The van der Waals surface area contributed by atoms with Gasteiger partial charge in [-0.2, -0.15) is 0 Å². The van der Waals surface area contributed by atoms with Crippen LogP contribution in [0.2, 0.25) is 10.0 Å². The number of nitrogens with one attached hydrogen (secondary N) is 1. The molecule has 0 bridgehead atoms. The Morgan fingerprint density at radius 2 is 1.71 bits per heavy atom. The molecule has 1 aliphatic rings. The SMILES string of the molecule is CC(Nc1c(Cl)cc(F)cc1Cl)c1ccc2c(c1)CCC2. The van der Waals surface area contributed by atoms with Crippen LogP contribution < -0.4 is 5.32 Å². The molecule has 0 saturated carbocycles. The van der Waals surface area contributed by atoms with Crippen molar-refractivity contribution in [2.24, 2.45) is 0 Å². The Morgan fingerprint density at radius 3 is 2.43 bits per heavy atom. The maximum atomic E-state index is 13.2. The zero-order valence-electron chi connectivity index (χ0n) is 11.7. The molecule has 0 fully saturated rings. The maximum Gasteiger partial charge on any atom is 0.126 e. The normalized spacial score (nSPS) is 14.9. The predicted molar refractivity (Wildman–Crippen MR) is 86.9 cm³/mol. The molecule has 0 saturated heterocycles. The van der Waals surface area contributed by atoms with Crippen LogP contribution in [0.15, 0.2) is 30.3 Å². The summed E-state index contributed by atoms with van der Waals surface area (Å²) in [6.45, 7) is 2.05. The summed E-state index contributed by atoms with van der Waals surface area (Å²) in [6, 6.07) is 9.16. The molecule has 1 nitrogen and oxygen atoms in total. The summed E-state index contributed by atoms with van der Waals surface area (Å²) >= 11 is 12.1. The van der Waals surface area contributed by atoms with Crippen LogP contribution in [-0.2, 0) is 12.8 Å². The molecule has 110 valence electrons. The number of benzene rings is 2.